The maximum atomic E-state index is 14.6. The van der Waals surface area contributed by atoms with E-state index in [0.717, 1.165) is 28.0 Å². The highest BCUT2D eigenvalue weighted by Gasteiger charge is 2.41. The number of nitrogens with zero attached hydrogens (tertiary/aromatic N) is 5. The summed E-state index contributed by atoms with van der Waals surface area (Å²) < 4.78 is 5.48. The number of carbonyl (C=O) groups excluding carboxylic acids is 11. The lowest BCUT2D eigenvalue weighted by atomic mass is 9.85. The molecule has 8 atom stereocenters. The molecule has 0 saturated carbocycles. The van der Waals surface area contributed by atoms with Gasteiger partial charge in [0.15, 0.2) is 11.9 Å². The number of rotatable bonds is 35. The van der Waals surface area contributed by atoms with Crippen LogP contribution >= 0.6 is 0 Å². The Morgan fingerprint density at radius 3 is 1.81 bits per heavy atom. The highest BCUT2D eigenvalue weighted by molar-refractivity contribution is 6.18. The quantitative estimate of drug-likeness (QED) is 0.0150. The molecule has 2 aromatic rings. The Kier molecular flexibility index (Phi) is 28.3. The molecule has 7 rings (SSSR count). The van der Waals surface area contributed by atoms with E-state index in [9.17, 15) is 67.4 Å². The largest absolute Gasteiger partial charge is 0.481 e. The number of ether oxygens (including phenoxy) is 1. The van der Waals surface area contributed by atoms with Crippen molar-refractivity contribution in [3.05, 3.63) is 81.7 Å². The van der Waals surface area contributed by atoms with Gasteiger partial charge in [0, 0.05) is 60.4 Å². The number of esters is 2. The molecule has 0 aliphatic carbocycles. The molecule has 0 radical (unpaired) electrons. The lowest BCUT2D eigenvalue weighted by Crippen LogP contribution is -2.58. The van der Waals surface area contributed by atoms with E-state index < -0.39 is 145 Å². The minimum Gasteiger partial charge on any atom is -0.481 e. The topological polar surface area (TPSA) is 557 Å². The second-order valence-corrected chi connectivity index (χ2v) is 27.3. The first kappa shape index (κ1) is 81.7. The van der Waals surface area contributed by atoms with Crippen LogP contribution in [0.4, 0.5) is 0 Å². The number of carbonyl (C=O) groups is 13. The summed E-state index contributed by atoms with van der Waals surface area (Å²) in [5, 5.41) is 37.9. The van der Waals surface area contributed by atoms with Gasteiger partial charge in [0.05, 0.1) is 59.9 Å². The molecule has 20 N–H and O–H groups in total. The number of fused-ring (bicyclic) bond motifs is 8. The number of cyclic esters (lactones) is 2. The molecular weight excluding hydrogens is 1370 g/mol. The zero-order valence-electron chi connectivity index (χ0n) is 61.0. The second kappa shape index (κ2) is 36.7. The number of likely N-dealkylation sites (tertiary alicyclic amines) is 1. The van der Waals surface area contributed by atoms with Crippen molar-refractivity contribution in [1.82, 2.24) is 67.4 Å². The number of aromatic nitrogens is 4. The predicted octanol–water partition coefficient (Wildman–Crippen LogP) is 0.913. The summed E-state index contributed by atoms with van der Waals surface area (Å²) in [4.78, 5) is 200. The third-order valence-electron chi connectivity index (χ3n) is 18.8. The molecule has 9 amide bonds. The van der Waals surface area contributed by atoms with Gasteiger partial charge in [-0.3, -0.25) is 57.9 Å². The van der Waals surface area contributed by atoms with E-state index in [-0.39, 0.29) is 117 Å². The minimum absolute atomic E-state index is 0.00725. The fraction of sp³-hybridized carbons (Fsp3) is 0.507. The molecule has 7 heterocycles. The number of aryl methyl sites for hydroxylation is 1. The Morgan fingerprint density at radius 1 is 0.698 bits per heavy atom. The normalized spacial score (nSPS) is 17.0. The summed E-state index contributed by atoms with van der Waals surface area (Å²) >= 11 is 0. The van der Waals surface area contributed by atoms with Crippen LogP contribution in [0.3, 0.4) is 0 Å². The average molecular weight is 1470 g/mol. The number of nitrogens with two attached hydrogens (primary N) is 4. The molecule has 0 aromatic carbocycles. The fourth-order valence-electron chi connectivity index (χ4n) is 13.3. The number of allylic oxidation sites excluding steroid dienone is 5. The van der Waals surface area contributed by atoms with Gasteiger partial charge < -0.3 is 95.3 Å². The number of carboxylic acids is 2. The molecule has 106 heavy (non-hydrogen) atoms. The molecular formula is C71H97N19O16. The van der Waals surface area contributed by atoms with Crippen LogP contribution in [0.15, 0.2) is 40.8 Å². The van der Waals surface area contributed by atoms with E-state index in [1.54, 1.807) is 26.8 Å². The number of amides is 9. The van der Waals surface area contributed by atoms with Crippen LogP contribution in [-0.4, -0.2) is 200 Å². The Hall–Kier alpha value is -11.5. The smallest absolute Gasteiger partial charge is 0.349 e. The Labute approximate surface area is 611 Å². The molecule has 2 aromatic heterocycles. The zero-order valence-corrected chi connectivity index (χ0v) is 61.0. The lowest BCUT2D eigenvalue weighted by molar-refractivity contribution is -0.147. The molecule has 35 heteroatoms. The zero-order chi connectivity index (χ0) is 78.1. The summed E-state index contributed by atoms with van der Waals surface area (Å²) in [6.07, 6.45) is 2.41. The summed E-state index contributed by atoms with van der Waals surface area (Å²) in [6, 6.07) is -2.36. The summed E-state index contributed by atoms with van der Waals surface area (Å²) in [7, 11) is 0. The first-order chi connectivity index (χ1) is 50.1. The van der Waals surface area contributed by atoms with Gasteiger partial charge in [-0.05, 0) is 131 Å². The van der Waals surface area contributed by atoms with Crippen LogP contribution in [0.1, 0.15) is 198 Å². The van der Waals surface area contributed by atoms with Crippen molar-refractivity contribution in [3.63, 3.8) is 0 Å². The number of hydrogen-bond acceptors (Lipinski definition) is 18. The number of aliphatic carboxylic acids is 2. The van der Waals surface area contributed by atoms with Gasteiger partial charge in [-0.2, -0.15) is 0 Å². The standard InChI is InChI=1S/C71H97N19O16/c1-11-38-34(7)43-25-45-36(9)40(60(85-45)58-61-57(68(104)106-69(58)105)37(10)46(86-61)27-48-39(12-2)35(8)44(82-48)26-47(38)81-43)19-20-55(94)90-23-15-18-51(90)65(100)88-49(24-32(3)4)64(99)80-31-54(93)89-59(33(5)6)66(101)87-42(17-14-22-77-71(74)75)63(98)79-29-52(91)83-41(16-13-21-76-70(72)73)62(97)78-30-53(92)84-50(67(102)103)28-56(95)96/h11,25-27,32-33,36,40-42,49-51,59,85-86H,1,12-24,28-31H2,2-10H3,(H,78,97)(H,79,98)(H,80,99)(H,83,91)(H,84,92)(H,87,101)(H,88,100)(H,89,93)(H,95,96)(H,102,103)(H4,72,73,76)(H4,74,75,77)/t36-,40-,41-,42-,49-,50-,51-,59-/m0/s1. The van der Waals surface area contributed by atoms with E-state index in [1.807, 2.05) is 65.1 Å². The van der Waals surface area contributed by atoms with Gasteiger partial charge in [-0.15, -0.1) is 0 Å². The third-order valence-corrected chi connectivity index (χ3v) is 18.8. The second-order valence-electron chi connectivity index (χ2n) is 27.3. The van der Waals surface area contributed by atoms with E-state index in [0.29, 0.717) is 52.4 Å². The lowest BCUT2D eigenvalue weighted by Gasteiger charge is -2.28. The van der Waals surface area contributed by atoms with Crippen molar-refractivity contribution < 1.29 is 77.3 Å². The van der Waals surface area contributed by atoms with Gasteiger partial charge in [0.25, 0.3) is 0 Å². The van der Waals surface area contributed by atoms with E-state index in [4.69, 9.17) is 42.7 Å². The maximum absolute atomic E-state index is 14.6. The van der Waals surface area contributed by atoms with Gasteiger partial charge in [0.2, 0.25) is 53.2 Å². The van der Waals surface area contributed by atoms with Crippen LogP contribution in [0.2, 0.25) is 0 Å². The van der Waals surface area contributed by atoms with E-state index in [1.165, 1.54) is 4.90 Å². The summed E-state index contributed by atoms with van der Waals surface area (Å²) in [6.45, 7) is 18.7. The molecule has 35 nitrogen and oxygen atoms in total. The third kappa shape index (κ3) is 20.9. The number of nitrogens with one attached hydrogen (secondary N) is 10. The predicted molar refractivity (Wildman–Crippen MR) is 390 cm³/mol. The van der Waals surface area contributed by atoms with Gasteiger partial charge >= 0.3 is 23.9 Å². The number of aromatic amines is 2. The molecule has 8 bridgehead atoms. The molecule has 0 unspecified atom stereocenters. The van der Waals surface area contributed by atoms with Crippen molar-refractivity contribution in [3.8, 4) is 0 Å². The monoisotopic (exact) mass is 1470 g/mol. The minimum atomic E-state index is -1.81. The number of guanidine groups is 2. The molecule has 5 aliphatic heterocycles. The van der Waals surface area contributed by atoms with E-state index >= 15 is 0 Å². The van der Waals surface area contributed by atoms with Crippen LogP contribution in [0.25, 0.3) is 33.3 Å². The fourth-order valence-corrected chi connectivity index (χ4v) is 13.3. The summed E-state index contributed by atoms with van der Waals surface area (Å²) in [5.41, 5.74) is 31.0. The van der Waals surface area contributed by atoms with Crippen molar-refractivity contribution in [2.24, 2.45) is 44.8 Å². The van der Waals surface area contributed by atoms with Crippen molar-refractivity contribution in [2.45, 2.75) is 181 Å². The highest BCUT2D eigenvalue weighted by Crippen LogP contribution is 2.45. The Bertz CT molecular complexity index is 4180. The van der Waals surface area contributed by atoms with E-state index in [2.05, 4.69) is 63.7 Å². The highest BCUT2D eigenvalue weighted by atomic mass is 16.6. The SMILES string of the molecule is C=CC1=C(C)c2cc3[nH]c(c4c5[nH]c(cc6nc(cc1n2)C(C)=C6CC)c(C)c5C(=O)OC4=O)[C@@H](CCC(=O)N1CCC[C@H]1C(=O)N[C@@H](CC(C)C)C(=O)NCC(=O)N[C@H](C(=O)N[C@@H](CCCN=C(N)N)C(=O)NCC(=O)N[C@@H](CCCN=C(N)N)C(=O)NCC(=O)N[C@@H](CC(=O)O)C(=O)O)C(C)C)[C@@H]3C. The van der Waals surface area contributed by atoms with Gasteiger partial charge in [-0.25, -0.2) is 24.4 Å². The molecule has 572 valence electrons. The number of hydrogen-bond donors (Lipinski definition) is 16. The Morgan fingerprint density at radius 2 is 1.25 bits per heavy atom. The molecule has 5 aliphatic rings. The van der Waals surface area contributed by atoms with Crippen LogP contribution in [0.5, 0.6) is 0 Å². The van der Waals surface area contributed by atoms with Crippen LogP contribution in [-0.2, 0) is 57.5 Å². The molecule has 1 fully saturated rings. The van der Waals surface area contributed by atoms with Crippen molar-refractivity contribution >= 4 is 122 Å². The van der Waals surface area contributed by atoms with Crippen molar-refractivity contribution in [2.75, 3.05) is 39.3 Å². The van der Waals surface area contributed by atoms with Crippen LogP contribution in [0, 0.1) is 18.8 Å². The summed E-state index contributed by atoms with van der Waals surface area (Å²) in [5.74, 6) is -14.2. The number of H-pyrrole nitrogens is 2. The molecule has 1 saturated heterocycles. The van der Waals surface area contributed by atoms with Gasteiger partial charge in [0.1, 0.15) is 41.8 Å². The maximum Gasteiger partial charge on any atom is 0.349 e. The average Bonchev–Trinajstić information content (AvgIpc) is 1.58. The number of carboxylic acid groups (broad SMARTS) is 2. The van der Waals surface area contributed by atoms with Crippen molar-refractivity contribution in [1.29, 1.82) is 0 Å². The first-order valence-electron chi connectivity index (χ1n) is 35.2. The van der Waals surface area contributed by atoms with Crippen LogP contribution < -0.4 is 65.5 Å². The molecule has 0 spiro atoms. The number of aliphatic imine (C=N–C) groups is 2. The first-order valence-corrected chi connectivity index (χ1v) is 35.2. The Balaban J connectivity index is 1.00. The van der Waals surface area contributed by atoms with Gasteiger partial charge in [-0.1, -0.05) is 54.2 Å².